The average molecular weight is 376 g/mol. The molecule has 1 heterocycles. The van der Waals surface area contributed by atoms with Gasteiger partial charge in [-0.15, -0.1) is 11.3 Å². The van der Waals surface area contributed by atoms with Crippen molar-refractivity contribution in [3.63, 3.8) is 0 Å². The lowest BCUT2D eigenvalue weighted by Gasteiger charge is -2.27. The minimum atomic E-state index is -0.581. The van der Waals surface area contributed by atoms with E-state index in [0.29, 0.717) is 18.7 Å². The van der Waals surface area contributed by atoms with Gasteiger partial charge in [0.2, 0.25) is 0 Å². The number of rotatable bonds is 5. The molecule has 0 saturated carbocycles. The fourth-order valence-electron chi connectivity index (χ4n) is 2.41. The lowest BCUT2D eigenvalue weighted by molar-refractivity contribution is 0.0214. The number of carbonyl (C=O) groups excluding carboxylic acids is 2. The van der Waals surface area contributed by atoms with Crippen LogP contribution in [-0.4, -0.2) is 34.7 Å². The lowest BCUT2D eigenvalue weighted by atomic mass is 10.0. The van der Waals surface area contributed by atoms with Crippen LogP contribution in [-0.2, 0) is 22.6 Å². The molecule has 0 bridgehead atoms. The van der Waals surface area contributed by atoms with E-state index in [1.807, 2.05) is 45.2 Å². The Morgan fingerprint density at radius 1 is 1.23 bits per heavy atom. The molecule has 1 aromatic carbocycles. The van der Waals surface area contributed by atoms with E-state index in [4.69, 9.17) is 9.47 Å². The van der Waals surface area contributed by atoms with Gasteiger partial charge in [-0.05, 0) is 44.9 Å². The van der Waals surface area contributed by atoms with E-state index in [1.54, 1.807) is 16.5 Å². The van der Waals surface area contributed by atoms with Crippen molar-refractivity contribution in [3.05, 3.63) is 51.5 Å². The number of benzene rings is 1. The van der Waals surface area contributed by atoms with Crippen LogP contribution in [0.2, 0.25) is 0 Å². The molecule has 0 radical (unpaired) electrons. The first-order valence-corrected chi connectivity index (χ1v) is 9.16. The standard InChI is InChI=1S/C19H24N2O4S/c1-13-8-14(6-7-16(13)17(22)24-5)9-21(10-15-11-26-12-20-15)18(23)25-19(2,3)4/h6-8,11-12H,9-10H2,1-5H3. The van der Waals surface area contributed by atoms with Crippen LogP contribution in [0.4, 0.5) is 4.79 Å². The molecule has 0 unspecified atom stereocenters. The summed E-state index contributed by atoms with van der Waals surface area (Å²) in [4.78, 5) is 30.2. The molecule has 0 aliphatic rings. The molecule has 2 rings (SSSR count). The highest BCUT2D eigenvalue weighted by Crippen LogP contribution is 2.18. The molecule has 0 saturated heterocycles. The summed E-state index contributed by atoms with van der Waals surface area (Å²) in [6.07, 6.45) is -0.403. The molecule has 0 N–H and O–H groups in total. The third-order valence-electron chi connectivity index (χ3n) is 3.56. The minimum absolute atomic E-state index is 0.356. The molecule has 1 aromatic heterocycles. The van der Waals surface area contributed by atoms with Crippen molar-refractivity contribution in [2.75, 3.05) is 7.11 Å². The third kappa shape index (κ3) is 5.56. The molecule has 7 heteroatoms. The number of carbonyl (C=O) groups is 2. The average Bonchev–Trinajstić information content (AvgIpc) is 3.05. The number of nitrogens with zero attached hydrogens (tertiary/aromatic N) is 2. The van der Waals surface area contributed by atoms with E-state index in [0.717, 1.165) is 16.8 Å². The quantitative estimate of drug-likeness (QED) is 0.733. The Morgan fingerprint density at radius 3 is 2.50 bits per heavy atom. The molecular weight excluding hydrogens is 352 g/mol. The van der Waals surface area contributed by atoms with Crippen molar-refractivity contribution in [1.82, 2.24) is 9.88 Å². The molecule has 0 aliphatic carbocycles. The summed E-state index contributed by atoms with van der Waals surface area (Å²) in [5.41, 5.74) is 4.17. The van der Waals surface area contributed by atoms with Gasteiger partial charge in [0.25, 0.3) is 0 Å². The second-order valence-electron chi connectivity index (χ2n) is 6.96. The third-order valence-corrected chi connectivity index (χ3v) is 4.19. The number of aryl methyl sites for hydroxylation is 1. The lowest BCUT2D eigenvalue weighted by Crippen LogP contribution is -2.36. The van der Waals surface area contributed by atoms with Crippen LogP contribution in [0, 0.1) is 6.92 Å². The Bertz CT molecular complexity index is 766. The smallest absolute Gasteiger partial charge is 0.410 e. The zero-order chi connectivity index (χ0) is 19.3. The van der Waals surface area contributed by atoms with Crippen molar-refractivity contribution >= 4 is 23.4 Å². The number of hydrogen-bond acceptors (Lipinski definition) is 6. The molecule has 0 fully saturated rings. The van der Waals surface area contributed by atoms with Gasteiger partial charge in [0.1, 0.15) is 5.60 Å². The predicted octanol–water partition coefficient (Wildman–Crippen LogP) is 4.18. The van der Waals surface area contributed by atoms with Gasteiger partial charge < -0.3 is 9.47 Å². The number of amides is 1. The van der Waals surface area contributed by atoms with Crippen LogP contribution >= 0.6 is 11.3 Å². The summed E-state index contributed by atoms with van der Waals surface area (Å²) in [5.74, 6) is -0.375. The summed E-state index contributed by atoms with van der Waals surface area (Å²) >= 11 is 1.48. The number of hydrogen-bond donors (Lipinski definition) is 0. The molecule has 26 heavy (non-hydrogen) atoms. The molecule has 1 amide bonds. The van der Waals surface area contributed by atoms with Gasteiger partial charge in [0, 0.05) is 11.9 Å². The SMILES string of the molecule is COC(=O)c1ccc(CN(Cc2cscn2)C(=O)OC(C)(C)C)cc1C. The Kier molecular flexibility index (Phi) is 6.37. The van der Waals surface area contributed by atoms with Crippen molar-refractivity contribution in [2.24, 2.45) is 0 Å². The number of methoxy groups -OCH3 is 1. The molecule has 0 aliphatic heterocycles. The maximum Gasteiger partial charge on any atom is 0.410 e. The number of aromatic nitrogens is 1. The molecule has 0 atom stereocenters. The fraction of sp³-hybridized carbons (Fsp3) is 0.421. The molecule has 6 nitrogen and oxygen atoms in total. The first-order valence-electron chi connectivity index (χ1n) is 8.22. The van der Waals surface area contributed by atoms with E-state index in [2.05, 4.69) is 4.98 Å². The first-order chi connectivity index (χ1) is 12.2. The van der Waals surface area contributed by atoms with Crippen LogP contribution in [0.1, 0.15) is 48.0 Å². The Morgan fingerprint density at radius 2 is 1.96 bits per heavy atom. The van der Waals surface area contributed by atoms with E-state index >= 15 is 0 Å². The number of ether oxygens (including phenoxy) is 2. The van der Waals surface area contributed by atoms with Gasteiger partial charge in [-0.2, -0.15) is 0 Å². The van der Waals surface area contributed by atoms with Crippen LogP contribution < -0.4 is 0 Å². The zero-order valence-corrected chi connectivity index (χ0v) is 16.6. The van der Waals surface area contributed by atoms with Crippen LogP contribution in [0.3, 0.4) is 0 Å². The van der Waals surface area contributed by atoms with Gasteiger partial charge in [0.15, 0.2) is 0 Å². The van der Waals surface area contributed by atoms with Gasteiger partial charge in [-0.25, -0.2) is 14.6 Å². The second kappa shape index (κ2) is 8.31. The van der Waals surface area contributed by atoms with E-state index < -0.39 is 11.7 Å². The van der Waals surface area contributed by atoms with E-state index in [-0.39, 0.29) is 5.97 Å². The molecule has 140 valence electrons. The van der Waals surface area contributed by atoms with Crippen LogP contribution in [0.25, 0.3) is 0 Å². The van der Waals surface area contributed by atoms with Gasteiger partial charge in [-0.3, -0.25) is 4.90 Å². The highest BCUT2D eigenvalue weighted by atomic mass is 32.1. The van der Waals surface area contributed by atoms with Crippen LogP contribution in [0.5, 0.6) is 0 Å². The second-order valence-corrected chi connectivity index (χ2v) is 7.68. The van der Waals surface area contributed by atoms with Crippen molar-refractivity contribution in [1.29, 1.82) is 0 Å². The van der Waals surface area contributed by atoms with Gasteiger partial charge >= 0.3 is 12.1 Å². The number of esters is 1. The Balaban J connectivity index is 2.21. The summed E-state index contributed by atoms with van der Waals surface area (Å²) < 4.78 is 10.3. The molecular formula is C19H24N2O4S. The highest BCUT2D eigenvalue weighted by molar-refractivity contribution is 7.07. The zero-order valence-electron chi connectivity index (χ0n) is 15.7. The summed E-state index contributed by atoms with van der Waals surface area (Å²) in [6.45, 7) is 8.06. The molecule has 0 spiro atoms. The monoisotopic (exact) mass is 376 g/mol. The maximum absolute atomic E-state index is 12.6. The van der Waals surface area contributed by atoms with Gasteiger partial charge in [-0.1, -0.05) is 12.1 Å². The summed E-state index contributed by atoms with van der Waals surface area (Å²) in [5, 5.41) is 1.91. The van der Waals surface area contributed by atoms with E-state index in [1.165, 1.54) is 18.4 Å². The fourth-order valence-corrected chi connectivity index (χ4v) is 2.96. The van der Waals surface area contributed by atoms with Crippen molar-refractivity contribution in [2.45, 2.75) is 46.4 Å². The maximum atomic E-state index is 12.6. The van der Waals surface area contributed by atoms with Gasteiger partial charge in [0.05, 0.1) is 30.4 Å². The first kappa shape index (κ1) is 19.9. The van der Waals surface area contributed by atoms with Crippen LogP contribution in [0.15, 0.2) is 29.1 Å². The summed E-state index contributed by atoms with van der Waals surface area (Å²) in [6, 6.07) is 5.41. The normalized spacial score (nSPS) is 11.1. The number of thiazole rings is 1. The minimum Gasteiger partial charge on any atom is -0.465 e. The Hall–Kier alpha value is -2.41. The van der Waals surface area contributed by atoms with Crippen molar-refractivity contribution in [3.8, 4) is 0 Å². The largest absolute Gasteiger partial charge is 0.465 e. The predicted molar refractivity (Wildman–Crippen MR) is 100 cm³/mol. The van der Waals surface area contributed by atoms with Crippen molar-refractivity contribution < 1.29 is 19.1 Å². The van der Waals surface area contributed by atoms with E-state index in [9.17, 15) is 9.59 Å². The Labute approximate surface area is 157 Å². The summed E-state index contributed by atoms with van der Waals surface area (Å²) in [7, 11) is 1.35. The topological polar surface area (TPSA) is 68.7 Å². The molecule has 2 aromatic rings. The highest BCUT2D eigenvalue weighted by Gasteiger charge is 2.23.